The van der Waals surface area contributed by atoms with E-state index in [0.717, 1.165) is 17.7 Å². The molecule has 2 rings (SSSR count). The molecule has 0 unspecified atom stereocenters. The Morgan fingerprint density at radius 1 is 1.20 bits per heavy atom. The van der Waals surface area contributed by atoms with Gasteiger partial charge in [-0.2, -0.15) is 5.10 Å². The average Bonchev–Trinajstić information content (AvgIpc) is 2.49. The molecule has 3 heteroatoms. The van der Waals surface area contributed by atoms with Crippen molar-refractivity contribution in [2.75, 3.05) is 5.43 Å². The molecule has 0 aromatic heterocycles. The van der Waals surface area contributed by atoms with Gasteiger partial charge < -0.3 is 5.11 Å². The molecular formula is C17H20N2O. The van der Waals surface area contributed by atoms with E-state index in [2.05, 4.69) is 24.4 Å². The lowest BCUT2D eigenvalue weighted by molar-refractivity contribution is 0.474. The third-order valence-corrected chi connectivity index (χ3v) is 3.40. The summed E-state index contributed by atoms with van der Waals surface area (Å²) in [5.74, 6) is 0.723. The Hall–Kier alpha value is -2.29. The lowest BCUT2D eigenvalue weighted by atomic mass is 9.97. The van der Waals surface area contributed by atoms with Crippen LogP contribution in [0.15, 0.2) is 53.6 Å². The molecule has 0 aliphatic heterocycles. The van der Waals surface area contributed by atoms with Crippen LogP contribution in [0.4, 0.5) is 5.69 Å². The number of nitrogens with zero attached hydrogens (tertiary/aromatic N) is 1. The minimum Gasteiger partial charge on any atom is -0.507 e. The molecule has 0 saturated heterocycles. The lowest BCUT2D eigenvalue weighted by Gasteiger charge is -2.10. The van der Waals surface area contributed by atoms with Crippen molar-refractivity contribution in [2.45, 2.75) is 26.2 Å². The van der Waals surface area contributed by atoms with E-state index in [4.69, 9.17) is 0 Å². The number of benzene rings is 2. The average molecular weight is 268 g/mol. The van der Waals surface area contributed by atoms with Crippen molar-refractivity contribution in [3.05, 3.63) is 59.7 Å². The first-order valence-corrected chi connectivity index (χ1v) is 6.87. The summed E-state index contributed by atoms with van der Waals surface area (Å²) >= 11 is 0. The number of nitrogens with one attached hydrogen (secondary N) is 1. The Kier molecular flexibility index (Phi) is 4.77. The van der Waals surface area contributed by atoms with Gasteiger partial charge in [0.25, 0.3) is 0 Å². The normalized spacial score (nSPS) is 12.5. The van der Waals surface area contributed by atoms with E-state index in [1.165, 1.54) is 5.56 Å². The Labute approximate surface area is 120 Å². The molecule has 0 saturated carbocycles. The van der Waals surface area contributed by atoms with Crippen molar-refractivity contribution < 1.29 is 5.11 Å². The van der Waals surface area contributed by atoms with Gasteiger partial charge in [-0.25, -0.2) is 0 Å². The van der Waals surface area contributed by atoms with E-state index in [0.29, 0.717) is 5.92 Å². The topological polar surface area (TPSA) is 44.6 Å². The van der Waals surface area contributed by atoms with E-state index in [1.807, 2.05) is 42.5 Å². The van der Waals surface area contributed by atoms with Crippen LogP contribution in [-0.4, -0.2) is 11.3 Å². The van der Waals surface area contributed by atoms with E-state index in [-0.39, 0.29) is 5.75 Å². The standard InChI is InChI=1S/C17H20N2O/c1-3-13(2)14-9-10-17(20)15(11-14)12-18-19-16-7-5-4-6-8-16/h4-13,19-20H,3H2,1-2H3/b18-12+/t13-/m1/s1. The summed E-state index contributed by atoms with van der Waals surface area (Å²) in [6, 6.07) is 15.4. The van der Waals surface area contributed by atoms with Crippen molar-refractivity contribution in [3.8, 4) is 5.75 Å². The number of phenolic OH excluding ortho intramolecular Hbond substituents is 1. The van der Waals surface area contributed by atoms with Crippen molar-refractivity contribution in [1.29, 1.82) is 0 Å². The number of hydrazone groups is 1. The van der Waals surface area contributed by atoms with Crippen molar-refractivity contribution >= 4 is 11.9 Å². The number of hydrogen-bond donors (Lipinski definition) is 2. The predicted molar refractivity (Wildman–Crippen MR) is 84.5 cm³/mol. The number of aromatic hydroxyl groups is 1. The number of phenols is 1. The summed E-state index contributed by atoms with van der Waals surface area (Å²) in [7, 11) is 0. The van der Waals surface area contributed by atoms with Crippen molar-refractivity contribution in [1.82, 2.24) is 0 Å². The smallest absolute Gasteiger partial charge is 0.124 e. The fourth-order valence-electron chi connectivity index (χ4n) is 1.91. The van der Waals surface area contributed by atoms with Gasteiger partial charge in [-0.1, -0.05) is 38.1 Å². The highest BCUT2D eigenvalue weighted by molar-refractivity contribution is 5.84. The van der Waals surface area contributed by atoms with E-state index >= 15 is 0 Å². The second-order valence-corrected chi connectivity index (χ2v) is 4.86. The maximum atomic E-state index is 9.87. The van der Waals surface area contributed by atoms with Gasteiger partial charge in [-0.3, -0.25) is 5.43 Å². The summed E-state index contributed by atoms with van der Waals surface area (Å²) < 4.78 is 0. The van der Waals surface area contributed by atoms with Crippen LogP contribution in [0.25, 0.3) is 0 Å². The zero-order valence-electron chi connectivity index (χ0n) is 11.9. The van der Waals surface area contributed by atoms with Gasteiger partial charge in [0.05, 0.1) is 11.9 Å². The molecule has 0 heterocycles. The summed E-state index contributed by atoms with van der Waals surface area (Å²) in [6.45, 7) is 4.33. The van der Waals surface area contributed by atoms with Crippen LogP contribution in [-0.2, 0) is 0 Å². The molecule has 0 amide bonds. The molecule has 0 bridgehead atoms. The van der Waals surface area contributed by atoms with Crippen molar-refractivity contribution in [3.63, 3.8) is 0 Å². The quantitative estimate of drug-likeness (QED) is 0.625. The van der Waals surface area contributed by atoms with Crippen LogP contribution in [0.1, 0.15) is 37.3 Å². The van der Waals surface area contributed by atoms with Gasteiger partial charge >= 0.3 is 0 Å². The lowest BCUT2D eigenvalue weighted by Crippen LogP contribution is -1.95. The predicted octanol–water partition coefficient (Wildman–Crippen LogP) is 4.35. The molecule has 0 radical (unpaired) electrons. The minimum absolute atomic E-state index is 0.246. The SMILES string of the molecule is CC[C@@H](C)c1ccc(O)c(/C=N/Nc2ccccc2)c1. The molecule has 2 N–H and O–H groups in total. The largest absolute Gasteiger partial charge is 0.507 e. The summed E-state index contributed by atoms with van der Waals surface area (Å²) in [6.07, 6.45) is 2.72. The van der Waals surface area contributed by atoms with Gasteiger partial charge in [-0.15, -0.1) is 0 Å². The van der Waals surface area contributed by atoms with E-state index in [9.17, 15) is 5.11 Å². The fourth-order valence-corrected chi connectivity index (χ4v) is 1.91. The van der Waals surface area contributed by atoms with Crippen LogP contribution in [0.3, 0.4) is 0 Å². The van der Waals surface area contributed by atoms with Crippen LogP contribution in [0.5, 0.6) is 5.75 Å². The first kappa shape index (κ1) is 14.1. The highest BCUT2D eigenvalue weighted by atomic mass is 16.3. The fraction of sp³-hybridized carbons (Fsp3) is 0.235. The molecule has 20 heavy (non-hydrogen) atoms. The number of anilines is 1. The second-order valence-electron chi connectivity index (χ2n) is 4.86. The maximum Gasteiger partial charge on any atom is 0.124 e. The Morgan fingerprint density at radius 2 is 1.95 bits per heavy atom. The molecule has 1 atom stereocenters. The van der Waals surface area contributed by atoms with Gasteiger partial charge in [0, 0.05) is 5.56 Å². The molecule has 3 nitrogen and oxygen atoms in total. The molecule has 0 aliphatic rings. The molecule has 0 spiro atoms. The van der Waals surface area contributed by atoms with Crippen molar-refractivity contribution in [2.24, 2.45) is 5.10 Å². The first-order chi connectivity index (χ1) is 9.70. The zero-order chi connectivity index (χ0) is 14.4. The van der Waals surface area contributed by atoms with Crippen LogP contribution >= 0.6 is 0 Å². The van der Waals surface area contributed by atoms with Gasteiger partial charge in [0.15, 0.2) is 0 Å². The molecule has 2 aromatic carbocycles. The molecule has 0 fully saturated rings. The highest BCUT2D eigenvalue weighted by Crippen LogP contribution is 2.24. The highest BCUT2D eigenvalue weighted by Gasteiger charge is 2.06. The Bertz CT molecular complexity index is 579. The molecule has 2 aromatic rings. The summed E-state index contributed by atoms with van der Waals surface area (Å²) in [5.41, 5.74) is 5.80. The monoisotopic (exact) mass is 268 g/mol. The number of para-hydroxylation sites is 1. The second kappa shape index (κ2) is 6.75. The Morgan fingerprint density at radius 3 is 2.65 bits per heavy atom. The number of rotatable bonds is 5. The van der Waals surface area contributed by atoms with Gasteiger partial charge in [0.1, 0.15) is 5.75 Å². The maximum absolute atomic E-state index is 9.87. The van der Waals surface area contributed by atoms with E-state index < -0.39 is 0 Å². The van der Waals surface area contributed by atoms with Crippen LogP contribution in [0.2, 0.25) is 0 Å². The summed E-state index contributed by atoms with van der Waals surface area (Å²) in [5, 5.41) is 14.0. The molecule has 104 valence electrons. The third-order valence-electron chi connectivity index (χ3n) is 3.40. The first-order valence-electron chi connectivity index (χ1n) is 6.87. The summed E-state index contributed by atoms with van der Waals surface area (Å²) in [4.78, 5) is 0. The third kappa shape index (κ3) is 3.60. The van der Waals surface area contributed by atoms with E-state index in [1.54, 1.807) is 12.3 Å². The van der Waals surface area contributed by atoms with Gasteiger partial charge in [-0.05, 0) is 42.2 Å². The number of hydrogen-bond acceptors (Lipinski definition) is 3. The van der Waals surface area contributed by atoms with Crippen LogP contribution < -0.4 is 5.43 Å². The zero-order valence-corrected chi connectivity index (χ0v) is 11.9. The van der Waals surface area contributed by atoms with Crippen LogP contribution in [0, 0.1) is 0 Å². The molecule has 0 aliphatic carbocycles. The minimum atomic E-state index is 0.246. The molecular weight excluding hydrogens is 248 g/mol. The van der Waals surface area contributed by atoms with Gasteiger partial charge in [0.2, 0.25) is 0 Å². The Balaban J connectivity index is 2.12.